The van der Waals surface area contributed by atoms with Crippen LogP contribution in [0.25, 0.3) is 0 Å². The Labute approximate surface area is 126 Å². The molecule has 1 aliphatic heterocycles. The van der Waals surface area contributed by atoms with Crippen LogP contribution in [0.1, 0.15) is 11.1 Å². The van der Waals surface area contributed by atoms with Crippen LogP contribution in [-0.4, -0.2) is 15.0 Å². The van der Waals surface area contributed by atoms with E-state index in [9.17, 15) is 8.42 Å². The highest BCUT2D eigenvalue weighted by atomic mass is 35.5. The first-order chi connectivity index (χ1) is 9.56. The summed E-state index contributed by atoms with van der Waals surface area (Å²) in [5.74, 6) is 0. The Morgan fingerprint density at radius 2 is 2.10 bits per heavy atom. The third-order valence-corrected chi connectivity index (χ3v) is 6.29. The zero-order valence-electron chi connectivity index (χ0n) is 10.5. The first-order valence-corrected chi connectivity index (χ1v) is 8.84. The number of anilines is 1. The number of rotatable bonds is 3. The summed E-state index contributed by atoms with van der Waals surface area (Å²) in [6.45, 7) is 1.60. The van der Waals surface area contributed by atoms with Crippen molar-refractivity contribution in [2.24, 2.45) is 0 Å². The van der Waals surface area contributed by atoms with Gasteiger partial charge >= 0.3 is 0 Å². The van der Waals surface area contributed by atoms with E-state index < -0.39 is 10.0 Å². The fourth-order valence-corrected chi connectivity index (χ4v) is 4.82. The molecule has 1 aromatic carbocycles. The molecule has 0 saturated carbocycles. The molecule has 1 aliphatic rings. The van der Waals surface area contributed by atoms with E-state index in [1.165, 1.54) is 11.6 Å². The molecule has 1 aromatic heterocycles. The minimum absolute atomic E-state index is 0.226. The second-order valence-corrected chi connectivity index (χ2v) is 8.16. The number of hydrogen-bond donors (Lipinski definition) is 2. The highest BCUT2D eigenvalue weighted by Crippen LogP contribution is 2.29. The van der Waals surface area contributed by atoms with E-state index in [2.05, 4.69) is 10.0 Å². The Hall–Kier alpha value is -1.08. The third kappa shape index (κ3) is 2.69. The van der Waals surface area contributed by atoms with Gasteiger partial charge in [-0.2, -0.15) is 0 Å². The van der Waals surface area contributed by atoms with E-state index in [1.807, 2.05) is 12.1 Å². The number of sulfonamides is 1. The van der Waals surface area contributed by atoms with Crippen molar-refractivity contribution in [3.63, 3.8) is 0 Å². The van der Waals surface area contributed by atoms with Crippen molar-refractivity contribution >= 4 is 38.6 Å². The van der Waals surface area contributed by atoms with Crippen molar-refractivity contribution in [2.45, 2.75) is 17.2 Å². The summed E-state index contributed by atoms with van der Waals surface area (Å²) in [5.41, 5.74) is 2.84. The maximum absolute atomic E-state index is 12.3. The molecule has 2 heterocycles. The number of hydrogen-bond acceptors (Lipinski definition) is 4. The Morgan fingerprint density at radius 1 is 1.25 bits per heavy atom. The van der Waals surface area contributed by atoms with Crippen LogP contribution >= 0.6 is 22.9 Å². The van der Waals surface area contributed by atoms with Crippen LogP contribution in [0, 0.1) is 0 Å². The Kier molecular flexibility index (Phi) is 3.72. The Balaban J connectivity index is 1.95. The summed E-state index contributed by atoms with van der Waals surface area (Å²) < 4.78 is 28.0. The first kappa shape index (κ1) is 13.9. The van der Waals surface area contributed by atoms with E-state index in [4.69, 9.17) is 11.6 Å². The Bertz CT molecular complexity index is 741. The minimum atomic E-state index is -3.57. The van der Waals surface area contributed by atoms with Crippen LogP contribution < -0.4 is 10.0 Å². The largest absolute Gasteiger partial charge is 0.312 e. The van der Waals surface area contributed by atoms with Gasteiger partial charge in [-0.05, 0) is 42.3 Å². The lowest BCUT2D eigenvalue weighted by atomic mass is 10.00. The van der Waals surface area contributed by atoms with Gasteiger partial charge in [0.2, 0.25) is 0 Å². The van der Waals surface area contributed by atoms with Crippen LogP contribution in [0.15, 0.2) is 34.5 Å². The second-order valence-electron chi connectivity index (χ2n) is 4.53. The molecule has 106 valence electrons. The average molecular weight is 329 g/mol. The Morgan fingerprint density at radius 3 is 2.85 bits per heavy atom. The fraction of sp³-hybridized carbons (Fsp3) is 0.231. The normalized spacial score (nSPS) is 14.8. The molecule has 0 bridgehead atoms. The van der Waals surface area contributed by atoms with Gasteiger partial charge in [0.1, 0.15) is 4.21 Å². The summed E-state index contributed by atoms with van der Waals surface area (Å²) in [5, 5.41) is 3.26. The molecule has 0 saturated heterocycles. The lowest BCUT2D eigenvalue weighted by Crippen LogP contribution is -2.25. The molecule has 0 radical (unpaired) electrons. The summed E-state index contributed by atoms with van der Waals surface area (Å²) >= 11 is 6.85. The molecular weight excluding hydrogens is 316 g/mol. The number of halogens is 1. The molecular formula is C13H13ClN2O2S2. The van der Waals surface area contributed by atoms with E-state index >= 15 is 0 Å². The number of benzene rings is 1. The van der Waals surface area contributed by atoms with Crippen LogP contribution in [0.4, 0.5) is 5.69 Å². The number of fused-ring (bicyclic) bond motifs is 1. The van der Waals surface area contributed by atoms with Crippen LogP contribution in [0.3, 0.4) is 0 Å². The van der Waals surface area contributed by atoms with Gasteiger partial charge in [0.15, 0.2) is 0 Å². The van der Waals surface area contributed by atoms with Gasteiger partial charge in [0.25, 0.3) is 10.0 Å². The fourth-order valence-electron chi connectivity index (χ4n) is 2.25. The summed E-state index contributed by atoms with van der Waals surface area (Å²) in [6.07, 6.45) is 0.912. The predicted molar refractivity (Wildman–Crippen MR) is 82.0 cm³/mol. The van der Waals surface area contributed by atoms with Gasteiger partial charge in [-0.1, -0.05) is 23.7 Å². The zero-order valence-corrected chi connectivity index (χ0v) is 12.9. The average Bonchev–Trinajstić information content (AvgIpc) is 2.86. The van der Waals surface area contributed by atoms with E-state index in [1.54, 1.807) is 12.1 Å². The zero-order chi connectivity index (χ0) is 14.2. The van der Waals surface area contributed by atoms with Gasteiger partial charge < -0.3 is 5.32 Å². The maximum Gasteiger partial charge on any atom is 0.271 e. The minimum Gasteiger partial charge on any atom is -0.312 e. The van der Waals surface area contributed by atoms with E-state index in [0.717, 1.165) is 29.9 Å². The molecule has 0 unspecified atom stereocenters. The molecule has 0 spiro atoms. The monoisotopic (exact) mass is 328 g/mol. The molecule has 0 aliphatic carbocycles. The van der Waals surface area contributed by atoms with Gasteiger partial charge in [-0.3, -0.25) is 4.72 Å². The van der Waals surface area contributed by atoms with Gasteiger partial charge in [0.05, 0.1) is 10.0 Å². The molecule has 2 aromatic rings. The van der Waals surface area contributed by atoms with Crippen molar-refractivity contribution in [1.82, 2.24) is 5.32 Å². The molecule has 0 atom stereocenters. The van der Waals surface area contributed by atoms with Gasteiger partial charge in [0, 0.05) is 6.54 Å². The van der Waals surface area contributed by atoms with Gasteiger partial charge in [-0.15, -0.1) is 11.3 Å². The van der Waals surface area contributed by atoms with Crippen LogP contribution in [0.2, 0.25) is 4.34 Å². The van der Waals surface area contributed by atoms with Crippen molar-refractivity contribution in [3.8, 4) is 0 Å². The number of nitrogens with one attached hydrogen (secondary N) is 2. The van der Waals surface area contributed by atoms with E-state index in [-0.39, 0.29) is 4.21 Å². The van der Waals surface area contributed by atoms with Crippen molar-refractivity contribution in [1.29, 1.82) is 0 Å². The highest BCUT2D eigenvalue weighted by molar-refractivity contribution is 7.94. The molecule has 4 nitrogen and oxygen atoms in total. The van der Waals surface area contributed by atoms with Crippen LogP contribution in [-0.2, 0) is 23.0 Å². The van der Waals surface area contributed by atoms with Crippen molar-refractivity contribution in [3.05, 3.63) is 45.8 Å². The molecule has 0 amide bonds. The van der Waals surface area contributed by atoms with Crippen molar-refractivity contribution in [2.75, 3.05) is 11.3 Å². The van der Waals surface area contributed by atoms with E-state index in [0.29, 0.717) is 16.6 Å². The summed E-state index contributed by atoms with van der Waals surface area (Å²) in [7, 11) is -3.57. The lowest BCUT2D eigenvalue weighted by Gasteiger charge is -2.20. The quantitative estimate of drug-likeness (QED) is 0.911. The third-order valence-electron chi connectivity index (χ3n) is 3.20. The lowest BCUT2D eigenvalue weighted by molar-refractivity contribution is 0.602. The molecule has 3 rings (SSSR count). The predicted octanol–water partition coefficient (Wildman–Crippen LogP) is 2.85. The highest BCUT2D eigenvalue weighted by Gasteiger charge is 2.20. The van der Waals surface area contributed by atoms with Crippen molar-refractivity contribution < 1.29 is 8.42 Å². The molecule has 2 N–H and O–H groups in total. The molecule has 7 heteroatoms. The van der Waals surface area contributed by atoms with Gasteiger partial charge in [-0.25, -0.2) is 8.42 Å². The second kappa shape index (κ2) is 5.37. The first-order valence-electron chi connectivity index (χ1n) is 6.16. The SMILES string of the molecule is O=S(=O)(Nc1cccc2c1CNCC2)c1ccc(Cl)s1. The molecule has 0 fully saturated rings. The summed E-state index contributed by atoms with van der Waals surface area (Å²) in [6, 6.07) is 8.81. The van der Waals surface area contributed by atoms with Crippen LogP contribution in [0.5, 0.6) is 0 Å². The molecule has 20 heavy (non-hydrogen) atoms. The maximum atomic E-state index is 12.3. The smallest absolute Gasteiger partial charge is 0.271 e. The topological polar surface area (TPSA) is 58.2 Å². The number of thiophene rings is 1. The standard InChI is InChI=1S/C13H13ClN2O2S2/c14-12-4-5-13(19-12)20(17,18)16-11-3-1-2-9-6-7-15-8-10(9)11/h1-5,15-16H,6-8H2. The summed E-state index contributed by atoms with van der Waals surface area (Å²) in [4.78, 5) is 0.